The lowest BCUT2D eigenvalue weighted by molar-refractivity contribution is -0.122. The van der Waals surface area contributed by atoms with E-state index in [9.17, 15) is 22.8 Å². The van der Waals surface area contributed by atoms with Gasteiger partial charge in [0, 0.05) is 0 Å². The number of benzene rings is 1. The van der Waals surface area contributed by atoms with E-state index in [0.29, 0.717) is 23.1 Å². The second-order valence-corrected chi connectivity index (χ2v) is 5.54. The Morgan fingerprint density at radius 2 is 2.05 bits per heavy atom. The molecule has 0 spiro atoms. The van der Waals surface area contributed by atoms with Crippen molar-refractivity contribution < 1.29 is 22.8 Å². The normalized spacial score (nSPS) is 18.2. The average Bonchev–Trinajstić information content (AvgIpc) is 2.38. The Morgan fingerprint density at radius 1 is 1.38 bits per heavy atom. The van der Waals surface area contributed by atoms with Crippen molar-refractivity contribution in [3.05, 3.63) is 24.3 Å². The van der Waals surface area contributed by atoms with Crippen molar-refractivity contribution in [2.24, 2.45) is 0 Å². The van der Waals surface area contributed by atoms with Gasteiger partial charge in [-0.1, -0.05) is 12.1 Å². The number of alkyl halides is 3. The molecule has 114 valence electrons. The topological polar surface area (TPSA) is 49.4 Å². The Bertz CT molecular complexity index is 563. The Kier molecular flexibility index (Phi) is 4.46. The fourth-order valence-corrected chi connectivity index (χ4v) is 2.67. The van der Waals surface area contributed by atoms with Crippen LogP contribution >= 0.6 is 11.8 Å². The number of carbonyl (C=O) groups excluding carboxylic acids is 2. The highest BCUT2D eigenvalue weighted by Gasteiger charge is 2.34. The van der Waals surface area contributed by atoms with Crippen molar-refractivity contribution in [2.75, 3.05) is 21.7 Å². The van der Waals surface area contributed by atoms with Crippen LogP contribution in [0.4, 0.5) is 24.5 Å². The monoisotopic (exact) mass is 318 g/mol. The lowest BCUT2D eigenvalue weighted by Crippen LogP contribution is -2.50. The van der Waals surface area contributed by atoms with E-state index in [4.69, 9.17) is 0 Å². The van der Waals surface area contributed by atoms with E-state index >= 15 is 0 Å². The lowest BCUT2D eigenvalue weighted by atomic mass is 10.1. The highest BCUT2D eigenvalue weighted by atomic mass is 32.2. The molecule has 1 aromatic carbocycles. The van der Waals surface area contributed by atoms with Crippen LogP contribution in [0.3, 0.4) is 0 Å². The first-order valence-electron chi connectivity index (χ1n) is 6.16. The van der Waals surface area contributed by atoms with Crippen LogP contribution in [-0.4, -0.2) is 35.5 Å². The summed E-state index contributed by atoms with van der Waals surface area (Å²) in [5, 5.41) is 2.66. The Morgan fingerprint density at radius 3 is 2.71 bits per heavy atom. The van der Waals surface area contributed by atoms with Crippen molar-refractivity contribution in [3.63, 3.8) is 0 Å². The molecule has 0 saturated heterocycles. The van der Waals surface area contributed by atoms with Gasteiger partial charge in [0.1, 0.15) is 6.04 Å². The van der Waals surface area contributed by atoms with Crippen LogP contribution in [0.2, 0.25) is 0 Å². The zero-order valence-corrected chi connectivity index (χ0v) is 11.9. The SMILES string of the molecule is C[C@H]1C(=O)Nc2ccccc2N1C(=O)CSCC(F)(F)F. The molecule has 21 heavy (non-hydrogen) atoms. The minimum atomic E-state index is -4.31. The largest absolute Gasteiger partial charge is 0.397 e. The molecule has 0 bridgehead atoms. The molecule has 2 rings (SSSR count). The predicted molar refractivity (Wildman–Crippen MR) is 75.4 cm³/mol. The van der Waals surface area contributed by atoms with Crippen LogP contribution in [0, 0.1) is 0 Å². The minimum Gasteiger partial charge on any atom is -0.322 e. The summed E-state index contributed by atoms with van der Waals surface area (Å²) in [5.41, 5.74) is 0.983. The molecule has 1 atom stereocenters. The molecule has 2 amide bonds. The number of carbonyl (C=O) groups is 2. The number of nitrogens with zero attached hydrogens (tertiary/aromatic N) is 1. The molecular weight excluding hydrogens is 305 g/mol. The van der Waals surface area contributed by atoms with Crippen molar-refractivity contribution in [2.45, 2.75) is 19.1 Å². The molecule has 0 fully saturated rings. The molecule has 1 aliphatic heterocycles. The summed E-state index contributed by atoms with van der Waals surface area (Å²) in [6, 6.07) is 5.95. The van der Waals surface area contributed by atoms with E-state index in [1.807, 2.05) is 0 Å². The molecule has 0 radical (unpaired) electrons. The number of thioether (sulfide) groups is 1. The number of halogens is 3. The smallest absolute Gasteiger partial charge is 0.322 e. The molecule has 0 saturated carbocycles. The van der Waals surface area contributed by atoms with Gasteiger partial charge in [0.2, 0.25) is 11.8 Å². The Labute approximate surface area is 123 Å². The zero-order valence-electron chi connectivity index (χ0n) is 11.1. The van der Waals surface area contributed by atoms with Crippen molar-refractivity contribution in [3.8, 4) is 0 Å². The summed E-state index contributed by atoms with van der Waals surface area (Å²) in [4.78, 5) is 25.2. The summed E-state index contributed by atoms with van der Waals surface area (Å²) in [6.07, 6.45) is -4.31. The van der Waals surface area contributed by atoms with Gasteiger partial charge in [-0.2, -0.15) is 13.2 Å². The first-order valence-corrected chi connectivity index (χ1v) is 7.31. The van der Waals surface area contributed by atoms with Gasteiger partial charge in [-0.25, -0.2) is 0 Å². The Balaban J connectivity index is 2.14. The maximum absolute atomic E-state index is 12.2. The highest BCUT2D eigenvalue weighted by Crippen LogP contribution is 2.32. The second kappa shape index (κ2) is 5.97. The molecule has 0 aliphatic carbocycles. The number of anilines is 2. The van der Waals surface area contributed by atoms with Gasteiger partial charge in [0.05, 0.1) is 22.9 Å². The van der Waals surface area contributed by atoms with E-state index < -0.39 is 23.9 Å². The molecule has 1 heterocycles. The molecule has 4 nitrogen and oxygen atoms in total. The summed E-state index contributed by atoms with van der Waals surface area (Å²) in [5.74, 6) is -2.29. The van der Waals surface area contributed by atoms with Gasteiger partial charge in [-0.15, -0.1) is 11.8 Å². The molecule has 1 aromatic rings. The van der Waals surface area contributed by atoms with Crippen molar-refractivity contribution >= 4 is 35.0 Å². The Hall–Kier alpha value is -1.70. The number of amides is 2. The zero-order chi connectivity index (χ0) is 15.6. The van der Waals surface area contributed by atoms with Crippen LogP contribution in [0.15, 0.2) is 24.3 Å². The number of rotatable bonds is 3. The number of hydrogen-bond donors (Lipinski definition) is 1. The summed E-state index contributed by atoms with van der Waals surface area (Å²) in [6.45, 7) is 1.54. The molecule has 1 N–H and O–H groups in total. The summed E-state index contributed by atoms with van der Waals surface area (Å²) >= 11 is 0.492. The summed E-state index contributed by atoms with van der Waals surface area (Å²) < 4.78 is 36.3. The number of para-hydroxylation sites is 2. The molecule has 0 aromatic heterocycles. The van der Waals surface area contributed by atoms with E-state index in [1.54, 1.807) is 24.3 Å². The van der Waals surface area contributed by atoms with Crippen LogP contribution in [-0.2, 0) is 9.59 Å². The van der Waals surface area contributed by atoms with Crippen LogP contribution in [0.5, 0.6) is 0 Å². The minimum absolute atomic E-state index is 0.328. The molecular formula is C13H13F3N2O2S. The fraction of sp³-hybridized carbons (Fsp3) is 0.385. The number of fused-ring (bicyclic) bond motifs is 1. The van der Waals surface area contributed by atoms with Gasteiger partial charge in [0.15, 0.2) is 0 Å². The van der Waals surface area contributed by atoms with Gasteiger partial charge >= 0.3 is 6.18 Å². The van der Waals surface area contributed by atoms with Crippen LogP contribution in [0.1, 0.15) is 6.92 Å². The van der Waals surface area contributed by atoms with E-state index in [0.717, 1.165) is 0 Å². The van der Waals surface area contributed by atoms with Gasteiger partial charge < -0.3 is 5.32 Å². The quantitative estimate of drug-likeness (QED) is 0.932. The third-order valence-corrected chi connectivity index (χ3v) is 3.93. The van der Waals surface area contributed by atoms with Gasteiger partial charge in [-0.05, 0) is 19.1 Å². The summed E-state index contributed by atoms with van der Waals surface area (Å²) in [7, 11) is 0. The predicted octanol–water partition coefficient (Wildman–Crippen LogP) is 2.66. The second-order valence-electron chi connectivity index (χ2n) is 4.55. The average molecular weight is 318 g/mol. The van der Waals surface area contributed by atoms with Gasteiger partial charge in [-0.3, -0.25) is 14.5 Å². The fourth-order valence-electron chi connectivity index (χ4n) is 2.03. The standard InChI is InChI=1S/C13H13F3N2O2S/c1-8-12(20)17-9-4-2-3-5-10(9)18(8)11(19)6-21-7-13(14,15)16/h2-5,8H,6-7H2,1H3,(H,17,20)/t8-/m0/s1. The van der Waals surface area contributed by atoms with E-state index in [2.05, 4.69) is 5.32 Å². The molecule has 1 aliphatic rings. The van der Waals surface area contributed by atoms with Crippen molar-refractivity contribution in [1.82, 2.24) is 0 Å². The third-order valence-electron chi connectivity index (χ3n) is 2.95. The van der Waals surface area contributed by atoms with Crippen molar-refractivity contribution in [1.29, 1.82) is 0 Å². The molecule has 8 heteroatoms. The maximum atomic E-state index is 12.2. The number of hydrogen-bond acceptors (Lipinski definition) is 3. The van der Waals surface area contributed by atoms with E-state index in [-0.39, 0.29) is 11.7 Å². The van der Waals surface area contributed by atoms with Crippen LogP contribution in [0.25, 0.3) is 0 Å². The van der Waals surface area contributed by atoms with Crippen LogP contribution < -0.4 is 10.2 Å². The number of nitrogens with one attached hydrogen (secondary N) is 1. The van der Waals surface area contributed by atoms with E-state index in [1.165, 1.54) is 11.8 Å². The van der Waals surface area contributed by atoms with Gasteiger partial charge in [0.25, 0.3) is 0 Å². The first-order chi connectivity index (χ1) is 9.79. The maximum Gasteiger partial charge on any atom is 0.397 e. The first kappa shape index (κ1) is 15.7. The lowest BCUT2D eigenvalue weighted by Gasteiger charge is -2.34. The molecule has 0 unspecified atom stereocenters. The third kappa shape index (κ3) is 3.69. The highest BCUT2D eigenvalue weighted by molar-refractivity contribution is 8.00.